The number of hydrogen-bond donors (Lipinski definition) is 4. The Morgan fingerprint density at radius 3 is 2.81 bits per heavy atom. The van der Waals surface area contributed by atoms with Crippen molar-refractivity contribution in [3.05, 3.63) is 36.5 Å². The van der Waals surface area contributed by atoms with Gasteiger partial charge in [0.2, 0.25) is 0 Å². The molecule has 0 amide bonds. The Labute approximate surface area is 123 Å². The summed E-state index contributed by atoms with van der Waals surface area (Å²) in [6.07, 6.45) is 2.60. The smallest absolute Gasteiger partial charge is 0.132 e. The molecule has 110 valence electrons. The van der Waals surface area contributed by atoms with Gasteiger partial charge in [0, 0.05) is 18.4 Å². The number of hydrogen-bond acceptors (Lipinski definition) is 6. The minimum absolute atomic E-state index is 0.231. The van der Waals surface area contributed by atoms with Gasteiger partial charge >= 0.3 is 0 Å². The maximum Gasteiger partial charge on any atom is 0.132 e. The molecular weight excluding hydrogens is 268 g/mol. The fourth-order valence-corrected chi connectivity index (χ4v) is 2.22. The molecule has 6 heteroatoms. The van der Waals surface area contributed by atoms with Crippen LogP contribution in [-0.4, -0.2) is 29.3 Å². The van der Waals surface area contributed by atoms with E-state index in [0.29, 0.717) is 18.1 Å². The van der Waals surface area contributed by atoms with Crippen molar-refractivity contribution in [1.29, 1.82) is 0 Å². The largest absolute Gasteiger partial charge is 0.508 e. The fraction of sp³-hybridized carbons (Fsp3) is 0.267. The van der Waals surface area contributed by atoms with Crippen LogP contribution in [0.15, 0.2) is 36.5 Å². The highest BCUT2D eigenvalue weighted by molar-refractivity contribution is 5.71. The first-order valence-electron chi connectivity index (χ1n) is 6.86. The van der Waals surface area contributed by atoms with Gasteiger partial charge in [0.25, 0.3) is 0 Å². The molecule has 21 heavy (non-hydrogen) atoms. The highest BCUT2D eigenvalue weighted by Gasteiger charge is 2.16. The Morgan fingerprint density at radius 1 is 1.29 bits per heavy atom. The molecule has 1 saturated heterocycles. The third-order valence-electron chi connectivity index (χ3n) is 3.36. The topological polar surface area (TPSA) is 92.4 Å². The predicted octanol–water partition coefficient (Wildman–Crippen LogP) is 2.31. The molecule has 3 rings (SSSR count). The summed E-state index contributed by atoms with van der Waals surface area (Å²) in [5.41, 5.74) is 8.26. The third-order valence-corrected chi connectivity index (χ3v) is 3.36. The number of nitrogens with one attached hydrogen (secondary N) is 2. The zero-order chi connectivity index (χ0) is 14.7. The normalized spacial score (nSPS) is 17.6. The second-order valence-corrected chi connectivity index (χ2v) is 5.03. The number of nitrogens with two attached hydrogens (primary N) is 1. The van der Waals surface area contributed by atoms with E-state index in [-0.39, 0.29) is 11.8 Å². The van der Waals surface area contributed by atoms with Gasteiger partial charge in [0.15, 0.2) is 0 Å². The SMILES string of the molecule is Nc1cnc(Nc2ccc(O)cc2)cc1N[C@H]1CCOC1. The summed E-state index contributed by atoms with van der Waals surface area (Å²) in [5, 5.41) is 15.8. The van der Waals surface area contributed by atoms with E-state index in [4.69, 9.17) is 10.5 Å². The molecule has 5 N–H and O–H groups in total. The molecule has 1 aliphatic heterocycles. The number of anilines is 4. The first-order chi connectivity index (χ1) is 10.2. The fourth-order valence-electron chi connectivity index (χ4n) is 2.22. The van der Waals surface area contributed by atoms with Crippen molar-refractivity contribution in [2.45, 2.75) is 12.5 Å². The van der Waals surface area contributed by atoms with Crippen LogP contribution in [0.4, 0.5) is 22.9 Å². The number of aromatic nitrogens is 1. The minimum atomic E-state index is 0.231. The molecule has 1 aromatic carbocycles. The number of ether oxygens (including phenoxy) is 1. The van der Waals surface area contributed by atoms with Gasteiger partial charge in [-0.1, -0.05) is 0 Å². The van der Waals surface area contributed by atoms with E-state index in [9.17, 15) is 5.11 Å². The first-order valence-corrected chi connectivity index (χ1v) is 6.86. The van der Waals surface area contributed by atoms with Crippen molar-refractivity contribution < 1.29 is 9.84 Å². The Hall–Kier alpha value is -2.47. The maximum absolute atomic E-state index is 9.28. The Kier molecular flexibility index (Phi) is 3.79. The summed E-state index contributed by atoms with van der Waals surface area (Å²) >= 11 is 0. The molecule has 0 saturated carbocycles. The van der Waals surface area contributed by atoms with E-state index in [2.05, 4.69) is 15.6 Å². The molecule has 6 nitrogen and oxygen atoms in total. The lowest BCUT2D eigenvalue weighted by molar-refractivity contribution is 0.195. The van der Waals surface area contributed by atoms with Crippen LogP contribution in [-0.2, 0) is 4.74 Å². The van der Waals surface area contributed by atoms with Crippen LogP contribution < -0.4 is 16.4 Å². The monoisotopic (exact) mass is 286 g/mol. The summed E-state index contributed by atoms with van der Waals surface area (Å²) in [4.78, 5) is 4.26. The van der Waals surface area contributed by atoms with Gasteiger partial charge in [0.1, 0.15) is 11.6 Å². The number of rotatable bonds is 4. The number of pyridine rings is 1. The molecule has 1 fully saturated rings. The van der Waals surface area contributed by atoms with Crippen LogP contribution in [0.25, 0.3) is 0 Å². The number of nitrogens with zero attached hydrogens (tertiary/aromatic N) is 1. The quantitative estimate of drug-likeness (QED) is 0.645. The van der Waals surface area contributed by atoms with Crippen LogP contribution in [0.2, 0.25) is 0 Å². The van der Waals surface area contributed by atoms with E-state index in [1.165, 1.54) is 0 Å². The van der Waals surface area contributed by atoms with Crippen LogP contribution in [0.3, 0.4) is 0 Å². The summed E-state index contributed by atoms with van der Waals surface area (Å²) in [6, 6.07) is 8.97. The molecule has 1 aliphatic rings. The molecule has 2 heterocycles. The molecule has 0 spiro atoms. The number of aromatic hydroxyl groups is 1. The zero-order valence-electron chi connectivity index (χ0n) is 11.5. The predicted molar refractivity (Wildman–Crippen MR) is 82.9 cm³/mol. The summed E-state index contributed by atoms with van der Waals surface area (Å²) in [7, 11) is 0. The summed E-state index contributed by atoms with van der Waals surface area (Å²) < 4.78 is 5.35. The number of phenols is 1. The van der Waals surface area contributed by atoms with Crippen molar-refractivity contribution in [3.8, 4) is 5.75 Å². The van der Waals surface area contributed by atoms with E-state index < -0.39 is 0 Å². The van der Waals surface area contributed by atoms with Gasteiger partial charge in [-0.2, -0.15) is 0 Å². The Balaban J connectivity index is 1.74. The van der Waals surface area contributed by atoms with Crippen molar-refractivity contribution in [1.82, 2.24) is 4.98 Å². The standard InChI is InChI=1S/C15H18N4O2/c16-13-8-17-15(19-10-1-3-12(20)4-2-10)7-14(13)18-11-5-6-21-9-11/h1-4,7-8,11,20H,5-6,9,16H2,(H2,17,18,19)/t11-/m0/s1. The van der Waals surface area contributed by atoms with E-state index in [1.54, 1.807) is 30.5 Å². The highest BCUT2D eigenvalue weighted by atomic mass is 16.5. The van der Waals surface area contributed by atoms with Gasteiger partial charge in [-0.25, -0.2) is 4.98 Å². The van der Waals surface area contributed by atoms with Crippen molar-refractivity contribution in [3.63, 3.8) is 0 Å². The molecule has 0 radical (unpaired) electrons. The molecular formula is C15H18N4O2. The van der Waals surface area contributed by atoms with E-state index in [0.717, 1.165) is 24.4 Å². The minimum Gasteiger partial charge on any atom is -0.508 e. The van der Waals surface area contributed by atoms with Gasteiger partial charge in [0.05, 0.1) is 30.2 Å². The Morgan fingerprint density at radius 2 is 2.10 bits per heavy atom. The first kappa shape index (κ1) is 13.5. The highest BCUT2D eigenvalue weighted by Crippen LogP contribution is 2.25. The van der Waals surface area contributed by atoms with E-state index in [1.807, 2.05) is 6.07 Å². The second kappa shape index (κ2) is 5.88. The summed E-state index contributed by atoms with van der Waals surface area (Å²) in [5.74, 6) is 0.922. The van der Waals surface area contributed by atoms with Crippen molar-refractivity contribution >= 4 is 22.9 Å². The maximum atomic E-state index is 9.28. The van der Waals surface area contributed by atoms with E-state index >= 15 is 0 Å². The van der Waals surface area contributed by atoms with Gasteiger partial charge < -0.3 is 26.2 Å². The number of benzene rings is 1. The van der Waals surface area contributed by atoms with Crippen LogP contribution >= 0.6 is 0 Å². The van der Waals surface area contributed by atoms with Gasteiger partial charge in [-0.3, -0.25) is 0 Å². The average molecular weight is 286 g/mol. The molecule has 0 unspecified atom stereocenters. The van der Waals surface area contributed by atoms with Crippen LogP contribution in [0.1, 0.15) is 6.42 Å². The average Bonchev–Trinajstić information content (AvgIpc) is 2.98. The molecule has 2 aromatic rings. The molecule has 0 aliphatic carbocycles. The molecule has 1 atom stereocenters. The lowest BCUT2D eigenvalue weighted by Gasteiger charge is -2.15. The lowest BCUT2D eigenvalue weighted by Crippen LogP contribution is -2.19. The number of nitrogen functional groups attached to an aromatic ring is 1. The lowest BCUT2D eigenvalue weighted by atomic mass is 10.2. The van der Waals surface area contributed by atoms with Gasteiger partial charge in [-0.05, 0) is 30.7 Å². The van der Waals surface area contributed by atoms with Crippen LogP contribution in [0.5, 0.6) is 5.75 Å². The summed E-state index contributed by atoms with van der Waals surface area (Å²) in [6.45, 7) is 1.48. The van der Waals surface area contributed by atoms with Crippen molar-refractivity contribution in [2.75, 3.05) is 29.6 Å². The third kappa shape index (κ3) is 3.35. The molecule has 0 bridgehead atoms. The Bertz CT molecular complexity index is 610. The van der Waals surface area contributed by atoms with Crippen LogP contribution in [0, 0.1) is 0 Å². The van der Waals surface area contributed by atoms with Gasteiger partial charge in [-0.15, -0.1) is 0 Å². The zero-order valence-corrected chi connectivity index (χ0v) is 11.5. The second-order valence-electron chi connectivity index (χ2n) is 5.03. The molecule has 1 aromatic heterocycles. The van der Waals surface area contributed by atoms with Crippen molar-refractivity contribution in [2.24, 2.45) is 0 Å². The number of phenolic OH excluding ortho intramolecular Hbond substituents is 1.